The molecule has 1 heterocycles. The molecule has 0 atom stereocenters. The van der Waals surface area contributed by atoms with Gasteiger partial charge >= 0.3 is 0 Å². The van der Waals surface area contributed by atoms with Gasteiger partial charge < -0.3 is 4.57 Å². The van der Waals surface area contributed by atoms with Gasteiger partial charge in [0.2, 0.25) is 10.0 Å². The number of primary sulfonamides is 1. The summed E-state index contributed by atoms with van der Waals surface area (Å²) in [5, 5.41) is 7.23. The lowest BCUT2D eigenvalue weighted by Gasteiger charge is -2.07. The van der Waals surface area contributed by atoms with Crippen molar-refractivity contribution >= 4 is 51.1 Å². The summed E-state index contributed by atoms with van der Waals surface area (Å²) in [6.07, 6.45) is 0. The zero-order chi connectivity index (χ0) is 17.3. The van der Waals surface area contributed by atoms with E-state index in [2.05, 4.69) is 4.99 Å². The number of thiazole rings is 1. The van der Waals surface area contributed by atoms with E-state index in [0.29, 0.717) is 5.56 Å². The first-order valence-electron chi connectivity index (χ1n) is 6.93. The summed E-state index contributed by atoms with van der Waals surface area (Å²) in [6, 6.07) is 14.4. The van der Waals surface area contributed by atoms with Crippen LogP contribution in [0.4, 0.5) is 5.69 Å². The second-order valence-corrected chi connectivity index (χ2v) is 7.87. The molecule has 132 valence electrons. The Morgan fingerprint density at radius 3 is 2.48 bits per heavy atom. The average Bonchev–Trinajstić information content (AvgIpc) is 2.89. The molecule has 0 unspecified atom stereocenters. The van der Waals surface area contributed by atoms with E-state index in [4.69, 9.17) is 16.7 Å². The molecule has 0 spiro atoms. The van der Waals surface area contributed by atoms with Gasteiger partial charge in [-0.2, -0.15) is 0 Å². The standard InChI is InChI=1S/C16H14ClN3O2S2.ClH/c1-20-14(10-23-16(20)19-12-5-3-2-4-6-12)11-7-8-13(17)15(9-11)24(18,21)22;/h2-10H,1H3,(H2,18,21,22);1H. The van der Waals surface area contributed by atoms with Gasteiger partial charge in [-0.3, -0.25) is 0 Å². The highest BCUT2D eigenvalue weighted by Gasteiger charge is 2.15. The minimum atomic E-state index is -3.88. The zero-order valence-electron chi connectivity index (χ0n) is 13.1. The molecule has 5 nitrogen and oxygen atoms in total. The molecule has 0 fully saturated rings. The largest absolute Gasteiger partial charge is 0.320 e. The Kier molecular flexibility index (Phi) is 6.08. The van der Waals surface area contributed by atoms with Crippen LogP contribution in [0.15, 0.2) is 63.8 Å². The highest BCUT2D eigenvalue weighted by molar-refractivity contribution is 7.89. The molecule has 3 rings (SSSR count). The maximum Gasteiger partial charge on any atom is 0.239 e. The second kappa shape index (κ2) is 7.72. The molecule has 0 radical (unpaired) electrons. The van der Waals surface area contributed by atoms with E-state index in [1.54, 1.807) is 6.07 Å². The number of rotatable bonds is 3. The number of nitrogens with zero attached hydrogens (tertiary/aromatic N) is 2. The molecule has 2 N–H and O–H groups in total. The lowest BCUT2D eigenvalue weighted by atomic mass is 10.2. The van der Waals surface area contributed by atoms with Crippen molar-refractivity contribution in [3.63, 3.8) is 0 Å². The molecule has 25 heavy (non-hydrogen) atoms. The average molecular weight is 416 g/mol. The number of sulfonamides is 1. The monoisotopic (exact) mass is 415 g/mol. The highest BCUT2D eigenvalue weighted by atomic mass is 35.5. The van der Waals surface area contributed by atoms with Crippen molar-refractivity contribution in [1.29, 1.82) is 0 Å². The number of benzene rings is 2. The van der Waals surface area contributed by atoms with Crippen LogP contribution < -0.4 is 9.94 Å². The van der Waals surface area contributed by atoms with Gasteiger partial charge in [-0.15, -0.1) is 23.7 Å². The molecule has 1 aromatic heterocycles. The van der Waals surface area contributed by atoms with Crippen LogP contribution in [0.25, 0.3) is 11.3 Å². The third kappa shape index (κ3) is 4.31. The Morgan fingerprint density at radius 1 is 1.16 bits per heavy atom. The molecular weight excluding hydrogens is 401 g/mol. The van der Waals surface area contributed by atoms with Crippen molar-refractivity contribution in [1.82, 2.24) is 4.57 Å². The molecular formula is C16H15Cl2N3O2S2. The summed E-state index contributed by atoms with van der Waals surface area (Å²) in [7, 11) is -2.01. The van der Waals surface area contributed by atoms with Crippen LogP contribution in [0, 0.1) is 0 Å². The van der Waals surface area contributed by atoms with Crippen molar-refractivity contribution in [2.45, 2.75) is 4.90 Å². The minimum Gasteiger partial charge on any atom is -0.320 e. The van der Waals surface area contributed by atoms with Gasteiger partial charge in [0.15, 0.2) is 4.80 Å². The SMILES string of the molecule is Cl.Cn1c(-c2ccc(Cl)c(S(N)(=O)=O)c2)csc1=Nc1ccccc1. The molecule has 0 aliphatic heterocycles. The maximum absolute atomic E-state index is 11.6. The van der Waals surface area contributed by atoms with Gasteiger partial charge in [0, 0.05) is 18.0 Å². The van der Waals surface area contributed by atoms with Crippen molar-refractivity contribution in [2.75, 3.05) is 0 Å². The zero-order valence-corrected chi connectivity index (χ0v) is 16.3. The molecule has 0 aliphatic carbocycles. The van der Waals surface area contributed by atoms with Gasteiger partial charge in [0.05, 0.1) is 16.4 Å². The first kappa shape index (κ1) is 19.7. The number of para-hydroxylation sites is 1. The Balaban J connectivity index is 0.00000225. The first-order valence-corrected chi connectivity index (χ1v) is 9.73. The molecule has 0 amide bonds. The summed E-state index contributed by atoms with van der Waals surface area (Å²) < 4.78 is 25.2. The Bertz CT molecular complexity index is 1060. The quantitative estimate of drug-likeness (QED) is 0.707. The van der Waals surface area contributed by atoms with Gasteiger partial charge in [-0.25, -0.2) is 18.5 Å². The van der Waals surface area contributed by atoms with Gasteiger partial charge in [-0.05, 0) is 24.3 Å². The van der Waals surface area contributed by atoms with Crippen LogP contribution in [-0.2, 0) is 17.1 Å². The Labute approximate surface area is 160 Å². The van der Waals surface area contributed by atoms with E-state index >= 15 is 0 Å². The van der Waals surface area contributed by atoms with Crippen molar-refractivity contribution in [2.24, 2.45) is 17.2 Å². The summed E-state index contributed by atoms with van der Waals surface area (Å²) in [6.45, 7) is 0. The summed E-state index contributed by atoms with van der Waals surface area (Å²) in [4.78, 5) is 5.29. The highest BCUT2D eigenvalue weighted by Crippen LogP contribution is 2.27. The maximum atomic E-state index is 11.6. The van der Waals surface area contributed by atoms with Crippen LogP contribution in [0.1, 0.15) is 0 Å². The summed E-state index contributed by atoms with van der Waals surface area (Å²) >= 11 is 7.40. The fraction of sp³-hybridized carbons (Fsp3) is 0.0625. The van der Waals surface area contributed by atoms with Gasteiger partial charge in [-0.1, -0.05) is 35.9 Å². The third-order valence-electron chi connectivity index (χ3n) is 3.44. The van der Waals surface area contributed by atoms with Gasteiger partial charge in [0.1, 0.15) is 4.90 Å². The fourth-order valence-corrected chi connectivity index (χ4v) is 4.22. The smallest absolute Gasteiger partial charge is 0.239 e. The second-order valence-electron chi connectivity index (χ2n) is 5.10. The third-order valence-corrected chi connectivity index (χ3v) is 5.75. The molecule has 3 aromatic rings. The van der Waals surface area contributed by atoms with Gasteiger partial charge in [0.25, 0.3) is 0 Å². The van der Waals surface area contributed by atoms with Crippen molar-refractivity contribution in [3.8, 4) is 11.3 Å². The fourth-order valence-electron chi connectivity index (χ4n) is 2.23. The van der Waals surface area contributed by atoms with E-state index in [0.717, 1.165) is 16.2 Å². The molecule has 2 aromatic carbocycles. The number of hydrogen-bond donors (Lipinski definition) is 1. The van der Waals surface area contributed by atoms with E-state index in [-0.39, 0.29) is 22.3 Å². The number of nitrogens with two attached hydrogens (primary N) is 1. The molecule has 9 heteroatoms. The van der Waals surface area contributed by atoms with Crippen LogP contribution in [-0.4, -0.2) is 13.0 Å². The predicted molar refractivity (Wildman–Crippen MR) is 104 cm³/mol. The molecule has 0 aliphatic rings. The molecule has 0 saturated carbocycles. The lowest BCUT2D eigenvalue weighted by Crippen LogP contribution is -2.13. The number of aromatic nitrogens is 1. The van der Waals surface area contributed by atoms with Crippen LogP contribution in [0.5, 0.6) is 0 Å². The van der Waals surface area contributed by atoms with Crippen LogP contribution in [0.3, 0.4) is 0 Å². The van der Waals surface area contributed by atoms with E-state index < -0.39 is 10.0 Å². The van der Waals surface area contributed by atoms with Crippen LogP contribution >= 0.6 is 35.3 Å². The lowest BCUT2D eigenvalue weighted by molar-refractivity contribution is 0.598. The summed E-state index contributed by atoms with van der Waals surface area (Å²) in [5.41, 5.74) is 2.38. The minimum absolute atomic E-state index is 0. The predicted octanol–water partition coefficient (Wildman–Crippen LogP) is 3.71. The van der Waals surface area contributed by atoms with Crippen LogP contribution in [0.2, 0.25) is 5.02 Å². The normalized spacial score (nSPS) is 12.0. The van der Waals surface area contributed by atoms with E-state index in [1.807, 2.05) is 47.3 Å². The Hall–Kier alpha value is -1.64. The number of halogens is 2. The molecule has 0 bridgehead atoms. The van der Waals surface area contributed by atoms with E-state index in [1.165, 1.54) is 23.5 Å². The first-order chi connectivity index (χ1) is 11.4. The van der Waals surface area contributed by atoms with Crippen molar-refractivity contribution < 1.29 is 8.42 Å². The number of hydrogen-bond acceptors (Lipinski definition) is 4. The Morgan fingerprint density at radius 2 is 1.84 bits per heavy atom. The molecule has 0 saturated heterocycles. The topological polar surface area (TPSA) is 77.5 Å². The van der Waals surface area contributed by atoms with Crippen molar-refractivity contribution in [3.05, 3.63) is 63.7 Å². The van der Waals surface area contributed by atoms with E-state index in [9.17, 15) is 8.42 Å². The summed E-state index contributed by atoms with van der Waals surface area (Å²) in [5.74, 6) is 0.